The number of halogens is 2. The molecule has 0 unspecified atom stereocenters. The first kappa shape index (κ1) is 20.0. The maximum atomic E-state index is 14.2. The van der Waals surface area contributed by atoms with Crippen molar-refractivity contribution in [1.29, 1.82) is 0 Å². The van der Waals surface area contributed by atoms with Gasteiger partial charge in [0.15, 0.2) is 0 Å². The molecule has 0 saturated carbocycles. The molecule has 31 heavy (non-hydrogen) atoms. The monoisotopic (exact) mass is 438 g/mol. The number of rotatable bonds is 4. The lowest BCUT2D eigenvalue weighted by atomic mass is 10.1. The van der Waals surface area contributed by atoms with E-state index in [1.807, 2.05) is 44.3 Å². The smallest absolute Gasteiger partial charge is 0.206 e. The Labute approximate surface area is 185 Å². The number of anilines is 1. The summed E-state index contributed by atoms with van der Waals surface area (Å²) in [6, 6.07) is 7.72. The number of aromatic nitrogens is 4. The van der Waals surface area contributed by atoms with Crippen LogP contribution in [0.15, 0.2) is 36.7 Å². The summed E-state index contributed by atoms with van der Waals surface area (Å²) in [5.74, 6) is 0.759. The number of hydrogen-bond acceptors (Lipinski definition) is 4. The van der Waals surface area contributed by atoms with Crippen molar-refractivity contribution in [3.63, 3.8) is 0 Å². The molecular formula is C23H24ClFN6. The van der Waals surface area contributed by atoms with Crippen LogP contribution >= 0.6 is 11.6 Å². The number of imidazole rings is 1. The Morgan fingerprint density at radius 3 is 2.52 bits per heavy atom. The fraction of sp³-hybridized carbons (Fsp3) is 0.304. The minimum absolute atomic E-state index is 0.146. The van der Waals surface area contributed by atoms with Crippen LogP contribution in [-0.4, -0.2) is 45.9 Å². The van der Waals surface area contributed by atoms with Crippen LogP contribution in [0, 0.1) is 19.7 Å². The third-order valence-corrected chi connectivity index (χ3v) is 6.06. The van der Waals surface area contributed by atoms with Crippen molar-refractivity contribution < 1.29 is 4.39 Å². The van der Waals surface area contributed by atoms with E-state index in [0.29, 0.717) is 22.7 Å². The molecule has 6 nitrogen and oxygen atoms in total. The Bertz CT molecular complexity index is 1220. The minimum atomic E-state index is -0.146. The average Bonchev–Trinajstić information content (AvgIpc) is 3.41. The van der Waals surface area contributed by atoms with Crippen LogP contribution in [0.1, 0.15) is 16.7 Å². The number of hydrogen-bond donors (Lipinski definition) is 2. The van der Waals surface area contributed by atoms with E-state index in [1.54, 1.807) is 6.20 Å². The minimum Gasteiger partial charge on any atom is -0.340 e. The Morgan fingerprint density at radius 1 is 1.10 bits per heavy atom. The SMILES string of the molecule is Cc1cc(Cn2c(N3CCNCC3)nc3c(-c4cn[nH]c4)cc(Cl)cc32)cc(C)c1F. The van der Waals surface area contributed by atoms with Crippen LogP contribution in [0.25, 0.3) is 22.2 Å². The largest absolute Gasteiger partial charge is 0.340 e. The molecule has 8 heteroatoms. The summed E-state index contributed by atoms with van der Waals surface area (Å²) in [6.45, 7) is 7.77. The maximum Gasteiger partial charge on any atom is 0.206 e. The maximum absolute atomic E-state index is 14.2. The molecule has 1 aliphatic rings. The second-order valence-electron chi connectivity index (χ2n) is 8.09. The average molecular weight is 439 g/mol. The van der Waals surface area contributed by atoms with Gasteiger partial charge in [-0.2, -0.15) is 5.10 Å². The molecule has 0 radical (unpaired) electrons. The molecular weight excluding hydrogens is 415 g/mol. The van der Waals surface area contributed by atoms with Gasteiger partial charge in [-0.1, -0.05) is 23.7 Å². The summed E-state index contributed by atoms with van der Waals surface area (Å²) in [4.78, 5) is 7.38. The van der Waals surface area contributed by atoms with Gasteiger partial charge in [-0.3, -0.25) is 5.10 Å². The second-order valence-corrected chi connectivity index (χ2v) is 8.52. The van der Waals surface area contributed by atoms with Crippen molar-refractivity contribution in [3.05, 3.63) is 64.2 Å². The number of aryl methyl sites for hydroxylation is 2. The predicted octanol–water partition coefficient (Wildman–Crippen LogP) is 4.29. The summed E-state index contributed by atoms with van der Waals surface area (Å²) in [6.07, 6.45) is 3.63. The normalized spacial score (nSPS) is 14.5. The molecule has 0 aliphatic carbocycles. The first-order chi connectivity index (χ1) is 15.0. The number of fused-ring (bicyclic) bond motifs is 1. The molecule has 1 aliphatic heterocycles. The zero-order valence-corrected chi connectivity index (χ0v) is 18.3. The summed E-state index contributed by atoms with van der Waals surface area (Å²) in [5, 5.41) is 11.0. The van der Waals surface area contributed by atoms with E-state index in [4.69, 9.17) is 16.6 Å². The van der Waals surface area contributed by atoms with Crippen LogP contribution in [0.3, 0.4) is 0 Å². The van der Waals surface area contributed by atoms with Crippen molar-refractivity contribution >= 4 is 28.6 Å². The predicted molar refractivity (Wildman–Crippen MR) is 122 cm³/mol. The Kier molecular flexibility index (Phi) is 5.16. The molecule has 0 bridgehead atoms. The number of nitrogens with one attached hydrogen (secondary N) is 2. The van der Waals surface area contributed by atoms with Gasteiger partial charge in [0, 0.05) is 48.5 Å². The fourth-order valence-corrected chi connectivity index (χ4v) is 4.58. The molecule has 2 aromatic heterocycles. The van der Waals surface area contributed by atoms with Crippen LogP contribution in [-0.2, 0) is 6.54 Å². The van der Waals surface area contributed by atoms with E-state index < -0.39 is 0 Å². The van der Waals surface area contributed by atoms with Crippen LogP contribution in [0.5, 0.6) is 0 Å². The lowest BCUT2D eigenvalue weighted by molar-refractivity contribution is 0.571. The van der Waals surface area contributed by atoms with Crippen molar-refractivity contribution in [2.75, 3.05) is 31.1 Å². The third kappa shape index (κ3) is 3.68. The number of benzene rings is 2. The Hall–Kier alpha value is -2.90. The summed E-state index contributed by atoms with van der Waals surface area (Å²) in [5.41, 5.74) is 6.07. The van der Waals surface area contributed by atoms with E-state index in [-0.39, 0.29) is 5.82 Å². The molecule has 3 heterocycles. The van der Waals surface area contributed by atoms with Crippen molar-refractivity contribution in [2.45, 2.75) is 20.4 Å². The molecule has 2 N–H and O–H groups in total. The zero-order valence-electron chi connectivity index (χ0n) is 17.5. The van der Waals surface area contributed by atoms with Crippen LogP contribution in [0.4, 0.5) is 10.3 Å². The highest BCUT2D eigenvalue weighted by Gasteiger charge is 2.22. The highest BCUT2D eigenvalue weighted by atomic mass is 35.5. The summed E-state index contributed by atoms with van der Waals surface area (Å²) in [7, 11) is 0. The van der Waals surface area contributed by atoms with E-state index in [9.17, 15) is 4.39 Å². The third-order valence-electron chi connectivity index (χ3n) is 5.84. The number of H-pyrrole nitrogens is 1. The lowest BCUT2D eigenvalue weighted by Crippen LogP contribution is -2.44. The zero-order chi connectivity index (χ0) is 21.5. The molecule has 1 saturated heterocycles. The van der Waals surface area contributed by atoms with Crippen LogP contribution < -0.4 is 10.2 Å². The molecule has 0 atom stereocenters. The highest BCUT2D eigenvalue weighted by Crippen LogP contribution is 2.35. The number of nitrogens with zero attached hydrogens (tertiary/aromatic N) is 4. The number of aromatic amines is 1. The molecule has 1 fully saturated rings. The van der Waals surface area contributed by atoms with Gasteiger partial charge in [0.2, 0.25) is 5.95 Å². The lowest BCUT2D eigenvalue weighted by Gasteiger charge is -2.29. The van der Waals surface area contributed by atoms with Crippen molar-refractivity contribution in [3.8, 4) is 11.1 Å². The van der Waals surface area contributed by atoms with Gasteiger partial charge in [-0.25, -0.2) is 9.37 Å². The van der Waals surface area contributed by atoms with E-state index in [2.05, 4.69) is 25.0 Å². The Morgan fingerprint density at radius 2 is 1.84 bits per heavy atom. The molecule has 4 aromatic rings. The van der Waals surface area contributed by atoms with E-state index in [0.717, 1.165) is 59.9 Å². The first-order valence-corrected chi connectivity index (χ1v) is 10.8. The standard InChI is InChI=1S/C23H24ClFN6/c1-14-7-16(8-15(2)21(14)25)13-31-20-10-18(24)9-19(17-11-27-28-12-17)22(20)29-23(31)30-5-3-26-4-6-30/h7-12,26H,3-6,13H2,1-2H3,(H,27,28). The van der Waals surface area contributed by atoms with Gasteiger partial charge in [0.25, 0.3) is 0 Å². The van der Waals surface area contributed by atoms with Gasteiger partial charge >= 0.3 is 0 Å². The molecule has 0 spiro atoms. The van der Waals surface area contributed by atoms with Crippen LogP contribution in [0.2, 0.25) is 5.02 Å². The van der Waals surface area contributed by atoms with Gasteiger partial charge in [0.05, 0.1) is 23.8 Å². The first-order valence-electron chi connectivity index (χ1n) is 10.4. The van der Waals surface area contributed by atoms with Gasteiger partial charge in [-0.05, 0) is 42.7 Å². The highest BCUT2D eigenvalue weighted by molar-refractivity contribution is 6.31. The topological polar surface area (TPSA) is 61.8 Å². The quantitative estimate of drug-likeness (QED) is 0.499. The van der Waals surface area contributed by atoms with Crippen molar-refractivity contribution in [1.82, 2.24) is 25.1 Å². The second kappa shape index (κ2) is 7.98. The van der Waals surface area contributed by atoms with Gasteiger partial charge in [-0.15, -0.1) is 0 Å². The number of piperazine rings is 1. The molecule has 0 amide bonds. The fourth-order valence-electron chi connectivity index (χ4n) is 4.37. The van der Waals surface area contributed by atoms with Crippen molar-refractivity contribution in [2.24, 2.45) is 0 Å². The van der Waals surface area contributed by atoms with Gasteiger partial charge in [0.1, 0.15) is 5.82 Å². The Balaban J connectivity index is 1.71. The molecule has 2 aromatic carbocycles. The van der Waals surface area contributed by atoms with E-state index >= 15 is 0 Å². The summed E-state index contributed by atoms with van der Waals surface area (Å²) >= 11 is 6.54. The van der Waals surface area contributed by atoms with Gasteiger partial charge < -0.3 is 14.8 Å². The summed E-state index contributed by atoms with van der Waals surface area (Å²) < 4.78 is 16.4. The molecule has 160 valence electrons. The van der Waals surface area contributed by atoms with E-state index in [1.165, 1.54) is 0 Å². The molecule has 5 rings (SSSR count).